The van der Waals surface area contributed by atoms with Crippen molar-refractivity contribution in [3.63, 3.8) is 0 Å². The first kappa shape index (κ1) is 13.6. The predicted molar refractivity (Wildman–Crippen MR) is 69.1 cm³/mol. The van der Waals surface area contributed by atoms with Crippen LogP contribution >= 0.6 is 0 Å². The van der Waals surface area contributed by atoms with E-state index in [1.807, 2.05) is 6.07 Å². The molecule has 5 heteroatoms. The smallest absolute Gasteiger partial charge is 0.346 e. The van der Waals surface area contributed by atoms with Crippen molar-refractivity contribution in [2.75, 3.05) is 7.11 Å². The number of rotatable bonds is 3. The first-order chi connectivity index (χ1) is 9.65. The second-order valence-electron chi connectivity index (χ2n) is 3.85. The van der Waals surface area contributed by atoms with Crippen molar-refractivity contribution in [2.45, 2.75) is 0 Å². The fourth-order valence-corrected chi connectivity index (χ4v) is 1.60. The standard InChI is InChI=1S/C15H10FNO3/c1-19-14-8-10(9-17)6-7-13(14)20-15(18)11-4-2-3-5-12(11)16/h2-8H,1H3. The Hall–Kier alpha value is -2.87. The number of carbonyl (C=O) groups is 1. The summed E-state index contributed by atoms with van der Waals surface area (Å²) < 4.78 is 23.6. The summed E-state index contributed by atoms with van der Waals surface area (Å²) in [5, 5.41) is 8.78. The quantitative estimate of drug-likeness (QED) is 0.636. The fourth-order valence-electron chi connectivity index (χ4n) is 1.60. The topological polar surface area (TPSA) is 59.3 Å². The molecule has 0 bridgehead atoms. The van der Waals surface area contributed by atoms with Crippen molar-refractivity contribution in [2.24, 2.45) is 0 Å². The Labute approximate surface area is 115 Å². The minimum Gasteiger partial charge on any atom is -0.493 e. The monoisotopic (exact) mass is 271 g/mol. The molecule has 0 saturated carbocycles. The molecule has 0 saturated heterocycles. The van der Waals surface area contributed by atoms with E-state index in [2.05, 4.69) is 0 Å². The molecule has 0 N–H and O–H groups in total. The summed E-state index contributed by atoms with van der Waals surface area (Å²) in [6, 6.07) is 11.8. The minimum atomic E-state index is -0.828. The lowest BCUT2D eigenvalue weighted by molar-refractivity contribution is 0.0725. The van der Waals surface area contributed by atoms with Crippen LogP contribution in [0.1, 0.15) is 15.9 Å². The highest BCUT2D eigenvalue weighted by Crippen LogP contribution is 2.28. The van der Waals surface area contributed by atoms with Gasteiger partial charge in [0.25, 0.3) is 0 Å². The van der Waals surface area contributed by atoms with Gasteiger partial charge in [-0.1, -0.05) is 12.1 Å². The number of nitriles is 1. The molecular weight excluding hydrogens is 261 g/mol. The Morgan fingerprint density at radius 1 is 1.20 bits per heavy atom. The van der Waals surface area contributed by atoms with Gasteiger partial charge in [0, 0.05) is 6.07 Å². The minimum absolute atomic E-state index is 0.125. The first-order valence-electron chi connectivity index (χ1n) is 5.70. The maximum atomic E-state index is 13.5. The molecule has 0 fully saturated rings. The predicted octanol–water partition coefficient (Wildman–Crippen LogP) is 2.93. The van der Waals surface area contributed by atoms with E-state index < -0.39 is 11.8 Å². The second-order valence-corrected chi connectivity index (χ2v) is 3.85. The van der Waals surface area contributed by atoms with Crippen LogP contribution in [-0.2, 0) is 0 Å². The third-order valence-electron chi connectivity index (χ3n) is 2.59. The van der Waals surface area contributed by atoms with Gasteiger partial charge in [-0.05, 0) is 24.3 Å². The van der Waals surface area contributed by atoms with E-state index in [9.17, 15) is 9.18 Å². The molecule has 0 heterocycles. The van der Waals surface area contributed by atoms with Crippen molar-refractivity contribution in [3.8, 4) is 17.6 Å². The highest BCUT2D eigenvalue weighted by atomic mass is 19.1. The van der Waals surface area contributed by atoms with E-state index in [1.54, 1.807) is 0 Å². The highest BCUT2D eigenvalue weighted by Gasteiger charge is 2.16. The number of hydrogen-bond acceptors (Lipinski definition) is 4. The van der Waals surface area contributed by atoms with Crippen molar-refractivity contribution < 1.29 is 18.7 Å². The SMILES string of the molecule is COc1cc(C#N)ccc1OC(=O)c1ccccc1F. The molecule has 20 heavy (non-hydrogen) atoms. The van der Waals surface area contributed by atoms with Crippen molar-refractivity contribution in [3.05, 3.63) is 59.4 Å². The molecule has 2 aromatic carbocycles. The van der Waals surface area contributed by atoms with Crippen LogP contribution < -0.4 is 9.47 Å². The Morgan fingerprint density at radius 2 is 1.95 bits per heavy atom. The third kappa shape index (κ3) is 2.75. The molecule has 0 amide bonds. The van der Waals surface area contributed by atoms with Crippen LogP contribution in [0.2, 0.25) is 0 Å². The van der Waals surface area contributed by atoms with Crippen LogP contribution in [0.25, 0.3) is 0 Å². The maximum absolute atomic E-state index is 13.5. The number of halogens is 1. The number of benzene rings is 2. The molecule has 0 aromatic heterocycles. The number of methoxy groups -OCH3 is 1. The van der Waals surface area contributed by atoms with Crippen LogP contribution in [0.5, 0.6) is 11.5 Å². The first-order valence-corrected chi connectivity index (χ1v) is 5.70. The number of hydrogen-bond donors (Lipinski definition) is 0. The summed E-state index contributed by atoms with van der Waals surface area (Å²) in [5.74, 6) is -1.13. The zero-order valence-electron chi connectivity index (χ0n) is 10.6. The van der Waals surface area contributed by atoms with Crippen LogP contribution in [0.4, 0.5) is 4.39 Å². The molecular formula is C15H10FNO3. The number of ether oxygens (including phenoxy) is 2. The van der Waals surface area contributed by atoms with Crippen molar-refractivity contribution in [1.82, 2.24) is 0 Å². The fraction of sp³-hybridized carbons (Fsp3) is 0.0667. The molecule has 2 rings (SSSR count). The molecule has 0 aliphatic rings. The van der Waals surface area contributed by atoms with Crippen LogP contribution in [-0.4, -0.2) is 13.1 Å². The highest BCUT2D eigenvalue weighted by molar-refractivity contribution is 5.91. The Morgan fingerprint density at radius 3 is 2.60 bits per heavy atom. The molecule has 0 aliphatic heterocycles. The van der Waals surface area contributed by atoms with Gasteiger partial charge in [0.2, 0.25) is 0 Å². The summed E-state index contributed by atoms with van der Waals surface area (Å²) in [6.07, 6.45) is 0. The molecule has 100 valence electrons. The van der Waals surface area contributed by atoms with Gasteiger partial charge in [0.1, 0.15) is 5.82 Å². The molecule has 0 atom stereocenters. The van der Waals surface area contributed by atoms with E-state index in [1.165, 1.54) is 49.6 Å². The Bertz CT molecular complexity index is 692. The number of esters is 1. The zero-order valence-corrected chi connectivity index (χ0v) is 10.6. The van der Waals surface area contributed by atoms with Gasteiger partial charge in [-0.25, -0.2) is 9.18 Å². The number of carbonyl (C=O) groups excluding carboxylic acids is 1. The van der Waals surface area contributed by atoms with E-state index in [0.717, 1.165) is 0 Å². The van der Waals surface area contributed by atoms with Crippen molar-refractivity contribution in [1.29, 1.82) is 5.26 Å². The second kappa shape index (κ2) is 5.85. The van der Waals surface area contributed by atoms with Gasteiger partial charge in [0.05, 0.1) is 24.3 Å². The Balaban J connectivity index is 2.29. The van der Waals surface area contributed by atoms with Gasteiger partial charge in [-0.2, -0.15) is 5.26 Å². The van der Waals surface area contributed by atoms with Gasteiger partial charge in [-0.3, -0.25) is 0 Å². The molecule has 0 aliphatic carbocycles. The van der Waals surface area contributed by atoms with E-state index in [-0.39, 0.29) is 17.1 Å². The zero-order chi connectivity index (χ0) is 14.5. The van der Waals surface area contributed by atoms with Crippen molar-refractivity contribution >= 4 is 5.97 Å². The molecule has 0 unspecified atom stereocenters. The maximum Gasteiger partial charge on any atom is 0.346 e. The van der Waals surface area contributed by atoms with Crippen LogP contribution in [0.3, 0.4) is 0 Å². The summed E-state index contributed by atoms with van der Waals surface area (Å²) in [6.45, 7) is 0. The van der Waals surface area contributed by atoms with Gasteiger partial charge >= 0.3 is 5.97 Å². The van der Waals surface area contributed by atoms with Gasteiger partial charge in [-0.15, -0.1) is 0 Å². The lowest BCUT2D eigenvalue weighted by Crippen LogP contribution is -2.11. The average molecular weight is 271 g/mol. The third-order valence-corrected chi connectivity index (χ3v) is 2.59. The summed E-state index contributed by atoms with van der Waals surface area (Å²) in [7, 11) is 1.39. The number of nitrogens with zero attached hydrogens (tertiary/aromatic N) is 1. The van der Waals surface area contributed by atoms with Crippen LogP contribution in [0, 0.1) is 17.1 Å². The van der Waals surface area contributed by atoms with Gasteiger partial charge < -0.3 is 9.47 Å². The molecule has 4 nitrogen and oxygen atoms in total. The Kier molecular flexibility index (Phi) is 3.96. The molecule has 0 radical (unpaired) electrons. The lowest BCUT2D eigenvalue weighted by atomic mass is 10.2. The molecule has 0 spiro atoms. The van der Waals surface area contributed by atoms with E-state index in [0.29, 0.717) is 5.56 Å². The van der Waals surface area contributed by atoms with Crippen LogP contribution in [0.15, 0.2) is 42.5 Å². The average Bonchev–Trinajstić information content (AvgIpc) is 2.48. The van der Waals surface area contributed by atoms with E-state index >= 15 is 0 Å². The lowest BCUT2D eigenvalue weighted by Gasteiger charge is -2.09. The van der Waals surface area contributed by atoms with Gasteiger partial charge in [0.15, 0.2) is 11.5 Å². The normalized spacial score (nSPS) is 9.65. The van der Waals surface area contributed by atoms with E-state index in [4.69, 9.17) is 14.7 Å². The summed E-state index contributed by atoms with van der Waals surface area (Å²) in [4.78, 5) is 11.9. The summed E-state index contributed by atoms with van der Waals surface area (Å²) in [5.41, 5.74) is 0.200. The summed E-state index contributed by atoms with van der Waals surface area (Å²) >= 11 is 0. The largest absolute Gasteiger partial charge is 0.493 e. The molecule has 2 aromatic rings.